The van der Waals surface area contributed by atoms with Crippen LogP contribution >= 0.6 is 11.6 Å². The number of imidazole rings is 1. The average Bonchev–Trinajstić information content (AvgIpc) is 2.77. The number of ether oxygens (including phenoxy) is 1. The van der Waals surface area contributed by atoms with E-state index in [0.29, 0.717) is 17.5 Å². The molecule has 0 atom stereocenters. The maximum absolute atomic E-state index is 12.2. The number of fused-ring (bicyclic) bond motifs is 1. The Labute approximate surface area is 123 Å². The normalized spacial score (nSPS) is 11.8. The van der Waals surface area contributed by atoms with Gasteiger partial charge in [-0.1, -0.05) is 11.6 Å². The monoisotopic (exact) mass is 294 g/mol. The van der Waals surface area contributed by atoms with E-state index < -0.39 is 5.41 Å². The van der Waals surface area contributed by atoms with Crippen molar-refractivity contribution in [3.05, 3.63) is 29.0 Å². The Morgan fingerprint density at radius 1 is 1.40 bits per heavy atom. The molecule has 0 aliphatic carbocycles. The van der Waals surface area contributed by atoms with Gasteiger partial charge >= 0.3 is 5.97 Å². The molecule has 1 aromatic carbocycles. The van der Waals surface area contributed by atoms with Crippen molar-refractivity contribution in [2.75, 3.05) is 6.61 Å². The van der Waals surface area contributed by atoms with Crippen LogP contribution in [-0.2, 0) is 21.5 Å². The minimum Gasteiger partial charge on any atom is -0.465 e. The lowest BCUT2D eigenvalue weighted by Crippen LogP contribution is -2.34. The van der Waals surface area contributed by atoms with E-state index in [1.807, 2.05) is 43.5 Å². The van der Waals surface area contributed by atoms with Crippen LogP contribution in [0.25, 0.3) is 11.0 Å². The Bertz CT molecular complexity index is 647. The standard InChI is InChI=1S/C15H19ClN2O2/c1-5-18-12-8-7-10(16)9-11(12)17-13(18)15(3,4)14(19)20-6-2/h7-9H,5-6H2,1-4H3. The smallest absolute Gasteiger partial charge is 0.319 e. The number of carbonyl (C=O) groups excluding carboxylic acids is 1. The summed E-state index contributed by atoms with van der Waals surface area (Å²) in [5.41, 5.74) is 0.980. The molecule has 0 radical (unpaired) electrons. The summed E-state index contributed by atoms with van der Waals surface area (Å²) in [4.78, 5) is 16.8. The predicted octanol–water partition coefficient (Wildman–Crippen LogP) is 3.55. The second-order valence-corrected chi connectivity index (χ2v) is 5.59. The Kier molecular flexibility index (Phi) is 4.04. The summed E-state index contributed by atoms with van der Waals surface area (Å²) in [5, 5.41) is 0.638. The molecule has 0 aliphatic heterocycles. The van der Waals surface area contributed by atoms with Crippen LogP contribution in [0.1, 0.15) is 33.5 Å². The van der Waals surface area contributed by atoms with Gasteiger partial charge in [0.05, 0.1) is 17.6 Å². The number of carbonyl (C=O) groups is 1. The van der Waals surface area contributed by atoms with Crippen molar-refractivity contribution in [3.63, 3.8) is 0 Å². The van der Waals surface area contributed by atoms with Crippen LogP contribution < -0.4 is 0 Å². The second kappa shape index (κ2) is 5.44. The average molecular weight is 295 g/mol. The van der Waals surface area contributed by atoms with Gasteiger partial charge in [-0.3, -0.25) is 4.79 Å². The van der Waals surface area contributed by atoms with E-state index in [1.165, 1.54) is 0 Å². The summed E-state index contributed by atoms with van der Waals surface area (Å²) in [5.74, 6) is 0.437. The second-order valence-electron chi connectivity index (χ2n) is 5.16. The number of aryl methyl sites for hydroxylation is 1. The minimum atomic E-state index is -0.794. The molecular formula is C15H19ClN2O2. The molecule has 0 spiro atoms. The van der Waals surface area contributed by atoms with Gasteiger partial charge in [-0.05, 0) is 45.9 Å². The maximum atomic E-state index is 12.2. The number of benzene rings is 1. The molecule has 0 N–H and O–H groups in total. The fourth-order valence-electron chi connectivity index (χ4n) is 2.30. The van der Waals surface area contributed by atoms with Crippen LogP contribution in [0.15, 0.2) is 18.2 Å². The minimum absolute atomic E-state index is 0.267. The number of halogens is 1. The van der Waals surface area contributed by atoms with Crippen molar-refractivity contribution in [1.29, 1.82) is 0 Å². The zero-order valence-corrected chi connectivity index (χ0v) is 13.0. The third-order valence-corrected chi connectivity index (χ3v) is 3.61. The van der Waals surface area contributed by atoms with Crippen molar-refractivity contribution in [2.24, 2.45) is 0 Å². The quantitative estimate of drug-likeness (QED) is 0.810. The molecule has 0 aliphatic rings. The number of hydrogen-bond acceptors (Lipinski definition) is 3. The Hall–Kier alpha value is -1.55. The molecule has 0 bridgehead atoms. The van der Waals surface area contributed by atoms with Gasteiger partial charge in [0.1, 0.15) is 11.2 Å². The Morgan fingerprint density at radius 2 is 2.10 bits per heavy atom. The van der Waals surface area contributed by atoms with E-state index in [9.17, 15) is 4.79 Å². The van der Waals surface area contributed by atoms with E-state index >= 15 is 0 Å². The summed E-state index contributed by atoms with van der Waals surface area (Å²) < 4.78 is 7.19. The van der Waals surface area contributed by atoms with E-state index in [1.54, 1.807) is 6.92 Å². The van der Waals surface area contributed by atoms with Crippen molar-refractivity contribution in [2.45, 2.75) is 39.7 Å². The Morgan fingerprint density at radius 3 is 2.70 bits per heavy atom. The number of esters is 1. The highest BCUT2D eigenvalue weighted by molar-refractivity contribution is 6.31. The molecule has 2 rings (SSSR count). The van der Waals surface area contributed by atoms with E-state index in [-0.39, 0.29) is 5.97 Å². The van der Waals surface area contributed by atoms with Gasteiger partial charge in [-0.25, -0.2) is 4.98 Å². The highest BCUT2D eigenvalue weighted by Crippen LogP contribution is 2.29. The van der Waals surface area contributed by atoms with Gasteiger partial charge in [0.15, 0.2) is 0 Å². The van der Waals surface area contributed by atoms with Crippen LogP contribution in [-0.4, -0.2) is 22.1 Å². The fourth-order valence-corrected chi connectivity index (χ4v) is 2.47. The largest absolute Gasteiger partial charge is 0.465 e. The van der Waals surface area contributed by atoms with Crippen LogP contribution in [0.3, 0.4) is 0 Å². The molecule has 1 aromatic heterocycles. The van der Waals surface area contributed by atoms with Gasteiger partial charge in [-0.15, -0.1) is 0 Å². The first kappa shape index (κ1) is 14.9. The van der Waals surface area contributed by atoms with E-state index in [2.05, 4.69) is 4.98 Å². The topological polar surface area (TPSA) is 44.1 Å². The van der Waals surface area contributed by atoms with Crippen molar-refractivity contribution in [3.8, 4) is 0 Å². The summed E-state index contributed by atoms with van der Waals surface area (Å²) in [6.45, 7) is 8.59. The maximum Gasteiger partial charge on any atom is 0.319 e. The summed E-state index contributed by atoms with van der Waals surface area (Å²) in [6, 6.07) is 5.57. The molecule has 5 heteroatoms. The van der Waals surface area contributed by atoms with Crippen molar-refractivity contribution >= 4 is 28.6 Å². The first-order chi connectivity index (χ1) is 9.41. The van der Waals surface area contributed by atoms with Crippen LogP contribution in [0.4, 0.5) is 0 Å². The summed E-state index contributed by atoms with van der Waals surface area (Å²) >= 11 is 6.01. The van der Waals surface area contributed by atoms with Gasteiger partial charge in [0.25, 0.3) is 0 Å². The molecule has 1 heterocycles. The fraction of sp³-hybridized carbons (Fsp3) is 0.467. The molecule has 4 nitrogen and oxygen atoms in total. The third kappa shape index (κ3) is 2.40. The lowest BCUT2D eigenvalue weighted by atomic mass is 9.92. The number of rotatable bonds is 4. The highest BCUT2D eigenvalue weighted by atomic mass is 35.5. The summed E-state index contributed by atoms with van der Waals surface area (Å²) in [6.07, 6.45) is 0. The molecule has 0 saturated heterocycles. The lowest BCUT2D eigenvalue weighted by Gasteiger charge is -2.22. The van der Waals surface area contributed by atoms with E-state index in [4.69, 9.17) is 16.3 Å². The highest BCUT2D eigenvalue weighted by Gasteiger charge is 2.36. The van der Waals surface area contributed by atoms with Crippen molar-refractivity contribution < 1.29 is 9.53 Å². The molecule has 0 unspecified atom stereocenters. The van der Waals surface area contributed by atoms with Gasteiger partial charge in [0.2, 0.25) is 0 Å². The zero-order valence-electron chi connectivity index (χ0n) is 12.2. The third-order valence-electron chi connectivity index (χ3n) is 3.37. The molecule has 20 heavy (non-hydrogen) atoms. The Balaban J connectivity index is 2.61. The zero-order chi connectivity index (χ0) is 14.9. The first-order valence-electron chi connectivity index (χ1n) is 6.75. The molecule has 108 valence electrons. The molecular weight excluding hydrogens is 276 g/mol. The van der Waals surface area contributed by atoms with Crippen LogP contribution in [0, 0.1) is 0 Å². The summed E-state index contributed by atoms with van der Waals surface area (Å²) in [7, 11) is 0. The predicted molar refractivity (Wildman–Crippen MR) is 80.1 cm³/mol. The number of aromatic nitrogens is 2. The number of hydrogen-bond donors (Lipinski definition) is 0. The van der Waals surface area contributed by atoms with Gasteiger partial charge in [0, 0.05) is 11.6 Å². The molecule has 0 fully saturated rings. The molecule has 2 aromatic rings. The lowest BCUT2D eigenvalue weighted by molar-refractivity contribution is -0.149. The first-order valence-corrected chi connectivity index (χ1v) is 7.13. The number of nitrogens with zero attached hydrogens (tertiary/aromatic N) is 2. The van der Waals surface area contributed by atoms with Crippen molar-refractivity contribution in [1.82, 2.24) is 9.55 Å². The van der Waals surface area contributed by atoms with Gasteiger partial charge < -0.3 is 9.30 Å². The SMILES string of the molecule is CCOC(=O)C(C)(C)c1nc2cc(Cl)ccc2n1CC. The van der Waals surface area contributed by atoms with Gasteiger partial charge in [-0.2, -0.15) is 0 Å². The van der Waals surface area contributed by atoms with Crippen LogP contribution in [0.2, 0.25) is 5.02 Å². The molecule has 0 saturated carbocycles. The van der Waals surface area contributed by atoms with E-state index in [0.717, 1.165) is 17.6 Å². The van der Waals surface area contributed by atoms with Crippen LogP contribution in [0.5, 0.6) is 0 Å². The molecule has 0 amide bonds.